The van der Waals surface area contributed by atoms with Crippen LogP contribution in [0.1, 0.15) is 22.8 Å². The molecule has 0 atom stereocenters. The number of aromatic nitrogens is 4. The van der Waals surface area contributed by atoms with E-state index in [2.05, 4.69) is 93.5 Å². The molecule has 0 spiro atoms. The van der Waals surface area contributed by atoms with E-state index >= 15 is 0 Å². The van der Waals surface area contributed by atoms with E-state index in [1.165, 1.54) is 0 Å². The van der Waals surface area contributed by atoms with Gasteiger partial charge in [0, 0.05) is 22.1 Å². The maximum absolute atomic E-state index is 9.47. The normalized spacial score (nSPS) is 9.82. The van der Waals surface area contributed by atoms with Crippen molar-refractivity contribution in [1.29, 1.82) is 0 Å². The van der Waals surface area contributed by atoms with Crippen LogP contribution in [0.25, 0.3) is 46.4 Å². The fourth-order valence-electron chi connectivity index (χ4n) is 2.94. The molecule has 3 aromatic rings. The van der Waals surface area contributed by atoms with Gasteiger partial charge in [-0.15, -0.1) is 0 Å². The summed E-state index contributed by atoms with van der Waals surface area (Å²) in [4.78, 5) is 53.9. The summed E-state index contributed by atoms with van der Waals surface area (Å²) in [7, 11) is 0. The van der Waals surface area contributed by atoms with Crippen LogP contribution in [0, 0.1) is 0 Å². The smallest absolute Gasteiger partial charge is 0.240 e. The highest BCUT2D eigenvalue weighted by molar-refractivity contribution is 5.86. The third-order valence-electron chi connectivity index (χ3n) is 4.85. The van der Waals surface area contributed by atoms with Gasteiger partial charge < -0.3 is 32.9 Å². The van der Waals surface area contributed by atoms with Gasteiger partial charge in [0.05, 0.1) is 22.8 Å². The molecule has 12 nitrogen and oxygen atoms in total. The van der Waals surface area contributed by atoms with Gasteiger partial charge in [0.1, 0.15) is 0 Å². The standard InChI is InChI=1S/C20H14N4.4C3H5NO/c1-2-14-10-16-5-6-18(23-16)12-20-8-7-19(24-20)11-17-4-3-15(22-17)9-13(1)21-14;4*1-2-3(4)5/h1-12,21,24H;4*2H,1H2,(H2,4,5). The third-order valence-corrected chi connectivity index (χ3v) is 4.85. The molecule has 0 aromatic carbocycles. The number of primary amides is 4. The molecule has 3 aromatic heterocycles. The third kappa shape index (κ3) is 14.7. The summed E-state index contributed by atoms with van der Waals surface area (Å²) in [6.07, 6.45) is 12.3. The highest BCUT2D eigenvalue weighted by Gasteiger charge is 2.01. The van der Waals surface area contributed by atoms with Crippen LogP contribution in [-0.4, -0.2) is 43.6 Å². The fraction of sp³-hybridized carbons (Fsp3) is 0. The van der Waals surface area contributed by atoms with E-state index in [9.17, 15) is 19.2 Å². The molecule has 0 saturated carbocycles. The zero-order valence-electron chi connectivity index (χ0n) is 23.9. The lowest BCUT2D eigenvalue weighted by atomic mass is 10.3. The Morgan fingerprint density at radius 1 is 0.477 bits per heavy atom. The fourth-order valence-corrected chi connectivity index (χ4v) is 2.94. The van der Waals surface area contributed by atoms with E-state index in [-0.39, 0.29) is 0 Å². The van der Waals surface area contributed by atoms with Crippen LogP contribution < -0.4 is 22.9 Å². The molecule has 0 radical (unpaired) electrons. The highest BCUT2D eigenvalue weighted by atomic mass is 16.2. The summed E-state index contributed by atoms with van der Waals surface area (Å²) in [6, 6.07) is 16.4. The van der Waals surface area contributed by atoms with Gasteiger partial charge in [-0.2, -0.15) is 0 Å². The quantitative estimate of drug-likeness (QED) is 0.171. The van der Waals surface area contributed by atoms with Gasteiger partial charge in [-0.05, 0) is 97.1 Å². The SMILES string of the molecule is C1=Cc2cc3ccc(cc4nc(cc5ccc(cc1n2)[nH]5)C=C4)[nH]3.C=CC(N)=O.C=CC(N)=O.C=CC(N)=O.C=CC(N)=O. The number of rotatable bonds is 4. The number of amides is 4. The second-order valence-electron chi connectivity index (χ2n) is 8.33. The maximum atomic E-state index is 9.47. The van der Waals surface area contributed by atoms with E-state index < -0.39 is 23.6 Å². The van der Waals surface area contributed by atoms with Crippen LogP contribution in [0.15, 0.2) is 99.2 Å². The second kappa shape index (κ2) is 18.7. The van der Waals surface area contributed by atoms with Crippen molar-refractivity contribution in [3.8, 4) is 0 Å². The highest BCUT2D eigenvalue weighted by Crippen LogP contribution is 2.16. The largest absolute Gasteiger partial charge is 0.366 e. The summed E-state index contributed by atoms with van der Waals surface area (Å²) in [5.74, 6) is -1.93. The molecule has 0 aliphatic carbocycles. The second-order valence-corrected chi connectivity index (χ2v) is 8.33. The maximum Gasteiger partial charge on any atom is 0.240 e. The van der Waals surface area contributed by atoms with E-state index in [0.717, 1.165) is 69.1 Å². The minimum absolute atomic E-state index is 0.481. The van der Waals surface area contributed by atoms with Crippen molar-refractivity contribution in [3.05, 3.63) is 122 Å². The average molecular weight is 595 g/mol. The molecule has 5 rings (SSSR count). The lowest BCUT2D eigenvalue weighted by Gasteiger charge is -1.85. The molecule has 4 amide bonds. The van der Waals surface area contributed by atoms with Gasteiger partial charge in [-0.3, -0.25) is 19.2 Å². The van der Waals surface area contributed by atoms with Crippen LogP contribution in [0.3, 0.4) is 0 Å². The molecular weight excluding hydrogens is 560 g/mol. The van der Waals surface area contributed by atoms with Gasteiger partial charge in [-0.25, -0.2) is 9.97 Å². The summed E-state index contributed by atoms with van der Waals surface area (Å²) in [5.41, 5.74) is 26.0. The Bertz CT molecular complexity index is 1510. The van der Waals surface area contributed by atoms with Crippen molar-refractivity contribution in [2.75, 3.05) is 0 Å². The average Bonchev–Trinajstić information content (AvgIpc) is 3.81. The molecule has 44 heavy (non-hydrogen) atoms. The van der Waals surface area contributed by atoms with Gasteiger partial charge in [0.25, 0.3) is 0 Å². The Morgan fingerprint density at radius 3 is 0.818 bits per heavy atom. The number of aromatic amines is 2. The van der Waals surface area contributed by atoms with E-state index in [1.54, 1.807) is 0 Å². The monoisotopic (exact) mass is 594 g/mol. The van der Waals surface area contributed by atoms with E-state index in [0.29, 0.717) is 0 Å². The van der Waals surface area contributed by atoms with Crippen molar-refractivity contribution >= 4 is 70.0 Å². The zero-order chi connectivity index (χ0) is 33.1. The summed E-state index contributed by atoms with van der Waals surface area (Å²) in [5, 5.41) is 0. The summed E-state index contributed by atoms with van der Waals surface area (Å²) in [6.45, 7) is 12.3. The first-order valence-electron chi connectivity index (χ1n) is 12.6. The van der Waals surface area contributed by atoms with Crippen molar-refractivity contribution < 1.29 is 19.2 Å². The number of fused-ring (bicyclic) bond motifs is 8. The van der Waals surface area contributed by atoms with Gasteiger partial charge in [-0.1, -0.05) is 26.3 Å². The molecular formula is C32H34N8O4. The Labute approximate surface area is 253 Å². The molecule has 2 aliphatic heterocycles. The Kier molecular flexibility index (Phi) is 15.1. The lowest BCUT2D eigenvalue weighted by Crippen LogP contribution is -2.04. The molecule has 12 heteroatoms. The first-order valence-corrected chi connectivity index (χ1v) is 12.6. The molecule has 8 bridgehead atoms. The van der Waals surface area contributed by atoms with Gasteiger partial charge in [0.2, 0.25) is 23.6 Å². The van der Waals surface area contributed by atoms with Gasteiger partial charge in [0.15, 0.2) is 0 Å². The Hall–Kier alpha value is -6.56. The summed E-state index contributed by atoms with van der Waals surface area (Å²) >= 11 is 0. The predicted molar refractivity (Wildman–Crippen MR) is 176 cm³/mol. The lowest BCUT2D eigenvalue weighted by molar-refractivity contribution is -0.114. The predicted octanol–water partition coefficient (Wildman–Crippen LogP) is 3.29. The molecule has 226 valence electrons. The number of carbonyl (C=O) groups excluding carboxylic acids is 4. The first-order chi connectivity index (χ1) is 20.9. The van der Waals surface area contributed by atoms with Crippen LogP contribution in [0.4, 0.5) is 0 Å². The number of nitrogens with one attached hydrogen (secondary N) is 2. The van der Waals surface area contributed by atoms with Crippen molar-refractivity contribution in [2.24, 2.45) is 22.9 Å². The number of carbonyl (C=O) groups is 4. The molecule has 0 unspecified atom stereocenters. The van der Waals surface area contributed by atoms with Crippen LogP contribution in [0.5, 0.6) is 0 Å². The Balaban J connectivity index is 0.000000398. The summed E-state index contributed by atoms with van der Waals surface area (Å²) < 4.78 is 0. The van der Waals surface area contributed by atoms with Crippen LogP contribution >= 0.6 is 0 Å². The van der Waals surface area contributed by atoms with Crippen LogP contribution in [-0.2, 0) is 19.2 Å². The van der Waals surface area contributed by atoms with Crippen molar-refractivity contribution in [3.63, 3.8) is 0 Å². The molecule has 5 heterocycles. The molecule has 10 N–H and O–H groups in total. The van der Waals surface area contributed by atoms with E-state index in [1.807, 2.05) is 48.6 Å². The first kappa shape index (κ1) is 35.5. The number of H-pyrrole nitrogens is 2. The number of hydrogen-bond acceptors (Lipinski definition) is 6. The number of hydrogen-bond donors (Lipinski definition) is 6. The molecule has 0 saturated heterocycles. The van der Waals surface area contributed by atoms with Crippen LogP contribution in [0.2, 0.25) is 0 Å². The minimum Gasteiger partial charge on any atom is -0.366 e. The molecule has 2 aliphatic rings. The zero-order valence-corrected chi connectivity index (χ0v) is 23.9. The number of nitrogens with two attached hydrogens (primary N) is 4. The van der Waals surface area contributed by atoms with Gasteiger partial charge >= 0.3 is 0 Å². The van der Waals surface area contributed by atoms with Crippen molar-refractivity contribution in [2.45, 2.75) is 0 Å². The van der Waals surface area contributed by atoms with Crippen molar-refractivity contribution in [1.82, 2.24) is 19.9 Å². The number of nitrogens with zero attached hydrogens (tertiary/aromatic N) is 2. The molecule has 0 fully saturated rings. The topological polar surface area (TPSA) is 230 Å². The Morgan fingerprint density at radius 2 is 0.659 bits per heavy atom. The van der Waals surface area contributed by atoms with E-state index in [4.69, 9.17) is 0 Å². The minimum atomic E-state index is -0.481.